The maximum atomic E-state index is 9.00. The van der Waals surface area contributed by atoms with Crippen LogP contribution in [0, 0.1) is 34.5 Å². The lowest BCUT2D eigenvalue weighted by Crippen LogP contribution is -2.00. The molecule has 2 bridgehead atoms. The van der Waals surface area contributed by atoms with E-state index in [0.717, 1.165) is 0 Å². The SMILES string of the molecule is N#CC1=C(C#N)C2C=CC(C=C2)C1=C=[N-]. The monoisotopic (exact) mass is 192 g/mol. The lowest BCUT2D eigenvalue weighted by molar-refractivity contribution is 0.932. The quantitative estimate of drug-likeness (QED) is 0.434. The molecule has 3 aliphatic rings. The van der Waals surface area contributed by atoms with Crippen molar-refractivity contribution in [2.75, 3.05) is 0 Å². The molecule has 0 heterocycles. The molecule has 0 unspecified atom stereocenters. The highest BCUT2D eigenvalue weighted by Gasteiger charge is 2.26. The largest absolute Gasteiger partial charge is 0.763 e. The molecule has 0 saturated carbocycles. The van der Waals surface area contributed by atoms with Crippen LogP contribution in [0.1, 0.15) is 0 Å². The third kappa shape index (κ3) is 1.23. The molecular weight excluding hydrogens is 186 g/mol. The summed E-state index contributed by atoms with van der Waals surface area (Å²) >= 11 is 0. The third-order valence-corrected chi connectivity index (χ3v) is 2.61. The zero-order valence-corrected chi connectivity index (χ0v) is 7.81. The van der Waals surface area contributed by atoms with Crippen LogP contribution in [-0.4, -0.2) is 5.87 Å². The summed E-state index contributed by atoms with van der Waals surface area (Å²) in [5, 5.41) is 27.0. The molecule has 0 N–H and O–H groups in total. The van der Waals surface area contributed by atoms with Gasteiger partial charge in [-0.05, 0) is 5.57 Å². The van der Waals surface area contributed by atoms with Gasteiger partial charge in [-0.3, -0.25) is 5.87 Å². The first-order valence-corrected chi connectivity index (χ1v) is 4.50. The Hall–Kier alpha value is -2.35. The summed E-state index contributed by atoms with van der Waals surface area (Å²) in [6.07, 6.45) is 7.46. The summed E-state index contributed by atoms with van der Waals surface area (Å²) in [5.74, 6) is 1.73. The van der Waals surface area contributed by atoms with Crippen LogP contribution in [0.15, 0.2) is 41.0 Å². The van der Waals surface area contributed by atoms with Crippen molar-refractivity contribution in [3.63, 3.8) is 0 Å². The van der Waals surface area contributed by atoms with E-state index in [-0.39, 0.29) is 17.4 Å². The van der Waals surface area contributed by atoms with Crippen molar-refractivity contribution in [3.8, 4) is 12.1 Å². The summed E-state index contributed by atoms with van der Waals surface area (Å²) in [6, 6.07) is 3.98. The van der Waals surface area contributed by atoms with Crippen LogP contribution >= 0.6 is 0 Å². The highest BCUT2D eigenvalue weighted by atomic mass is 14.4. The van der Waals surface area contributed by atoms with Crippen molar-refractivity contribution >= 4 is 5.87 Å². The van der Waals surface area contributed by atoms with E-state index in [1.807, 2.05) is 42.3 Å². The smallest absolute Gasteiger partial charge is 0.101 e. The zero-order chi connectivity index (χ0) is 10.8. The standard InChI is InChI=1S/C12H6N3/c13-5-10-8-1-2-9(4-3-8)11(6-14)12(10)7-15/h1-4,8-9H/q-1. The number of rotatable bonds is 0. The number of nitriles is 2. The van der Waals surface area contributed by atoms with Crippen molar-refractivity contribution in [1.82, 2.24) is 0 Å². The lowest BCUT2D eigenvalue weighted by Gasteiger charge is -2.10. The Kier molecular flexibility index (Phi) is 2.10. The first-order valence-electron chi connectivity index (χ1n) is 4.50. The Morgan fingerprint density at radius 3 is 2.07 bits per heavy atom. The minimum atomic E-state index is -0.147. The zero-order valence-electron chi connectivity index (χ0n) is 7.81. The maximum absolute atomic E-state index is 9.00. The minimum absolute atomic E-state index is 0.147. The lowest BCUT2D eigenvalue weighted by atomic mass is 9.94. The molecular formula is C12H6N3-. The second kappa shape index (κ2) is 3.42. The number of hydrogen-bond donors (Lipinski definition) is 0. The van der Waals surface area contributed by atoms with Gasteiger partial charge in [0.25, 0.3) is 0 Å². The normalized spacial score (nSPS) is 26.9. The van der Waals surface area contributed by atoms with Crippen LogP contribution < -0.4 is 0 Å². The molecule has 0 aromatic heterocycles. The second-order valence-corrected chi connectivity index (χ2v) is 3.36. The van der Waals surface area contributed by atoms with Gasteiger partial charge < -0.3 is 5.41 Å². The molecule has 70 valence electrons. The van der Waals surface area contributed by atoms with Gasteiger partial charge in [-0.25, -0.2) is 0 Å². The Morgan fingerprint density at radius 1 is 1.00 bits per heavy atom. The molecule has 3 aliphatic carbocycles. The van der Waals surface area contributed by atoms with Gasteiger partial charge in [-0.2, -0.15) is 10.5 Å². The van der Waals surface area contributed by atoms with Crippen LogP contribution in [0.2, 0.25) is 0 Å². The molecule has 3 heteroatoms. The van der Waals surface area contributed by atoms with Gasteiger partial charge in [0.15, 0.2) is 0 Å². The fraction of sp³-hybridized carbons (Fsp3) is 0.167. The molecule has 0 fully saturated rings. The van der Waals surface area contributed by atoms with Crippen LogP contribution in [0.4, 0.5) is 0 Å². The molecule has 0 aromatic carbocycles. The predicted octanol–water partition coefficient (Wildman–Crippen LogP) is 1.87. The molecule has 0 atom stereocenters. The Labute approximate surface area is 87.5 Å². The number of allylic oxidation sites excluding steroid dienone is 7. The summed E-state index contributed by atoms with van der Waals surface area (Å²) in [6.45, 7) is 0. The van der Waals surface area contributed by atoms with Gasteiger partial charge in [0.1, 0.15) is 6.07 Å². The molecule has 0 amide bonds. The fourth-order valence-corrected chi connectivity index (χ4v) is 1.85. The predicted molar refractivity (Wildman–Crippen MR) is 55.4 cm³/mol. The van der Waals surface area contributed by atoms with Gasteiger partial charge >= 0.3 is 0 Å². The summed E-state index contributed by atoms with van der Waals surface area (Å²) in [4.78, 5) is 0. The fourth-order valence-electron chi connectivity index (χ4n) is 1.85. The van der Waals surface area contributed by atoms with E-state index in [0.29, 0.717) is 11.1 Å². The molecule has 3 rings (SSSR count). The van der Waals surface area contributed by atoms with Crippen molar-refractivity contribution in [1.29, 1.82) is 10.5 Å². The van der Waals surface area contributed by atoms with E-state index >= 15 is 0 Å². The van der Waals surface area contributed by atoms with Crippen molar-refractivity contribution in [2.24, 2.45) is 11.8 Å². The van der Waals surface area contributed by atoms with Gasteiger partial charge in [-0.1, -0.05) is 24.3 Å². The van der Waals surface area contributed by atoms with Gasteiger partial charge in [0.05, 0.1) is 17.2 Å². The van der Waals surface area contributed by atoms with Gasteiger partial charge in [0.2, 0.25) is 0 Å². The first kappa shape index (κ1) is 9.21. The molecule has 0 spiro atoms. The van der Waals surface area contributed by atoms with Crippen molar-refractivity contribution in [3.05, 3.63) is 46.4 Å². The number of fused-ring (bicyclic) bond motifs is 1. The Bertz CT molecular complexity index is 514. The maximum Gasteiger partial charge on any atom is 0.101 e. The van der Waals surface area contributed by atoms with Crippen LogP contribution in [-0.2, 0) is 0 Å². The average Bonchev–Trinajstić information content (AvgIpc) is 2.53. The van der Waals surface area contributed by atoms with E-state index in [1.54, 1.807) is 0 Å². The summed E-state index contributed by atoms with van der Waals surface area (Å²) in [5.41, 5.74) is 0.994. The van der Waals surface area contributed by atoms with E-state index < -0.39 is 0 Å². The van der Waals surface area contributed by atoms with Crippen LogP contribution in [0.3, 0.4) is 0 Å². The summed E-state index contributed by atoms with van der Waals surface area (Å²) < 4.78 is 0. The van der Waals surface area contributed by atoms with Crippen molar-refractivity contribution < 1.29 is 0 Å². The van der Waals surface area contributed by atoms with E-state index in [9.17, 15) is 0 Å². The van der Waals surface area contributed by atoms with Crippen LogP contribution in [0.5, 0.6) is 0 Å². The van der Waals surface area contributed by atoms with Gasteiger partial charge in [0, 0.05) is 11.8 Å². The first-order chi connectivity index (χ1) is 7.31. The minimum Gasteiger partial charge on any atom is -0.763 e. The topological polar surface area (TPSA) is 69.9 Å². The van der Waals surface area contributed by atoms with E-state index in [4.69, 9.17) is 15.9 Å². The molecule has 0 aromatic rings. The number of hydrogen-bond acceptors (Lipinski definition) is 2. The Balaban J connectivity index is 2.75. The highest BCUT2D eigenvalue weighted by Crippen LogP contribution is 2.35. The second-order valence-electron chi connectivity index (χ2n) is 3.36. The van der Waals surface area contributed by atoms with E-state index in [2.05, 4.69) is 0 Å². The molecule has 15 heavy (non-hydrogen) atoms. The number of nitrogens with zero attached hydrogens (tertiary/aromatic N) is 3. The highest BCUT2D eigenvalue weighted by molar-refractivity contribution is 5.75. The van der Waals surface area contributed by atoms with Crippen LogP contribution in [0.25, 0.3) is 5.41 Å². The van der Waals surface area contributed by atoms with Crippen molar-refractivity contribution in [2.45, 2.75) is 0 Å². The molecule has 0 saturated heterocycles. The third-order valence-electron chi connectivity index (χ3n) is 2.61. The summed E-state index contributed by atoms with van der Waals surface area (Å²) in [7, 11) is 0. The molecule has 0 radical (unpaired) electrons. The van der Waals surface area contributed by atoms with Gasteiger partial charge in [-0.15, -0.1) is 0 Å². The Morgan fingerprint density at radius 2 is 1.60 bits per heavy atom. The van der Waals surface area contributed by atoms with E-state index in [1.165, 1.54) is 0 Å². The average molecular weight is 192 g/mol. The molecule has 3 nitrogen and oxygen atoms in total. The molecule has 0 aliphatic heterocycles.